The lowest BCUT2D eigenvalue weighted by atomic mass is 9.94. The highest BCUT2D eigenvalue weighted by Gasteiger charge is 2.33. The zero-order chi connectivity index (χ0) is 21.7. The minimum Gasteiger partial charge on any atom is -0.356 e. The number of guanidine groups is 1. The maximum Gasteiger partial charge on any atom is 0.417 e. The van der Waals surface area contributed by atoms with Gasteiger partial charge < -0.3 is 20.4 Å². The predicted molar refractivity (Wildman–Crippen MR) is 114 cm³/mol. The molecule has 2 fully saturated rings. The first kappa shape index (κ1) is 22.9. The second kappa shape index (κ2) is 10.0. The van der Waals surface area contributed by atoms with Crippen LogP contribution in [-0.4, -0.2) is 68.7 Å². The maximum atomic E-state index is 12.8. The summed E-state index contributed by atoms with van der Waals surface area (Å²) < 4.78 is 38.4. The number of nitrogens with one attached hydrogen (secondary N) is 2. The van der Waals surface area contributed by atoms with Gasteiger partial charge in [-0.05, 0) is 57.8 Å². The van der Waals surface area contributed by atoms with Gasteiger partial charge >= 0.3 is 6.18 Å². The molecule has 0 amide bonds. The van der Waals surface area contributed by atoms with Crippen LogP contribution >= 0.6 is 11.6 Å². The monoisotopic (exact) mass is 446 g/mol. The van der Waals surface area contributed by atoms with Gasteiger partial charge in [-0.3, -0.25) is 4.99 Å². The van der Waals surface area contributed by atoms with Crippen molar-refractivity contribution >= 4 is 23.4 Å². The van der Waals surface area contributed by atoms with E-state index in [0.29, 0.717) is 18.9 Å². The highest BCUT2D eigenvalue weighted by atomic mass is 35.5. The molecule has 1 aromatic rings. The molecule has 2 aliphatic rings. The standard InChI is InChI=1S/C20H30ClF3N6/c1-25-19(26-7-3-14-4-8-29(2)9-5-14)28-16-6-10-30(13-16)18-17(21)11-15(12-27-18)20(22,23)24/h11-12,14,16H,3-10,13H2,1-2H3,(H2,25,26,28). The van der Waals surface area contributed by atoms with Gasteiger partial charge in [0.15, 0.2) is 5.96 Å². The third-order valence-corrected chi connectivity index (χ3v) is 6.16. The van der Waals surface area contributed by atoms with Crippen molar-refractivity contribution in [1.29, 1.82) is 0 Å². The third-order valence-electron chi connectivity index (χ3n) is 5.88. The number of anilines is 1. The van der Waals surface area contributed by atoms with Crippen LogP contribution in [0.15, 0.2) is 17.3 Å². The van der Waals surface area contributed by atoms with Gasteiger partial charge in [0.25, 0.3) is 0 Å². The van der Waals surface area contributed by atoms with E-state index in [4.69, 9.17) is 11.6 Å². The zero-order valence-electron chi connectivity index (χ0n) is 17.5. The van der Waals surface area contributed by atoms with E-state index in [-0.39, 0.29) is 11.1 Å². The molecule has 3 heterocycles. The summed E-state index contributed by atoms with van der Waals surface area (Å²) in [5.74, 6) is 1.89. The summed E-state index contributed by atoms with van der Waals surface area (Å²) >= 11 is 6.08. The van der Waals surface area contributed by atoms with Crippen LogP contribution in [0.4, 0.5) is 19.0 Å². The first-order valence-corrected chi connectivity index (χ1v) is 10.8. The van der Waals surface area contributed by atoms with Crippen molar-refractivity contribution in [3.05, 3.63) is 22.8 Å². The number of piperidine rings is 1. The second-order valence-corrected chi connectivity index (χ2v) is 8.54. The van der Waals surface area contributed by atoms with Gasteiger partial charge in [0.1, 0.15) is 5.82 Å². The smallest absolute Gasteiger partial charge is 0.356 e. The van der Waals surface area contributed by atoms with E-state index >= 15 is 0 Å². The average molecular weight is 447 g/mol. The van der Waals surface area contributed by atoms with Crippen molar-refractivity contribution in [3.8, 4) is 0 Å². The summed E-state index contributed by atoms with van der Waals surface area (Å²) in [5, 5.41) is 6.81. The van der Waals surface area contributed by atoms with Gasteiger partial charge in [-0.15, -0.1) is 0 Å². The van der Waals surface area contributed by atoms with Crippen LogP contribution in [0.1, 0.15) is 31.2 Å². The molecule has 30 heavy (non-hydrogen) atoms. The number of rotatable bonds is 5. The first-order valence-electron chi connectivity index (χ1n) is 10.4. The van der Waals surface area contributed by atoms with Crippen LogP contribution in [0.5, 0.6) is 0 Å². The Bertz CT molecular complexity index is 734. The van der Waals surface area contributed by atoms with Gasteiger partial charge in [-0.1, -0.05) is 11.6 Å². The molecule has 1 aromatic heterocycles. The number of hydrogen-bond acceptors (Lipinski definition) is 4. The van der Waals surface area contributed by atoms with Gasteiger partial charge in [0, 0.05) is 38.9 Å². The van der Waals surface area contributed by atoms with Crippen molar-refractivity contribution < 1.29 is 13.2 Å². The summed E-state index contributed by atoms with van der Waals surface area (Å²) in [6.45, 7) is 4.47. The number of halogens is 4. The number of likely N-dealkylation sites (tertiary alicyclic amines) is 1. The van der Waals surface area contributed by atoms with Crippen LogP contribution in [0.2, 0.25) is 5.02 Å². The van der Waals surface area contributed by atoms with E-state index in [9.17, 15) is 13.2 Å². The number of aromatic nitrogens is 1. The van der Waals surface area contributed by atoms with E-state index in [1.54, 1.807) is 7.05 Å². The Labute approximate surface area is 180 Å². The molecule has 1 unspecified atom stereocenters. The molecule has 2 N–H and O–H groups in total. The lowest BCUT2D eigenvalue weighted by molar-refractivity contribution is -0.137. The fourth-order valence-electron chi connectivity index (χ4n) is 4.02. The highest BCUT2D eigenvalue weighted by Crippen LogP contribution is 2.34. The number of alkyl halides is 3. The number of aliphatic imine (C=N–C) groups is 1. The van der Waals surface area contributed by atoms with Crippen LogP contribution in [0, 0.1) is 5.92 Å². The van der Waals surface area contributed by atoms with Crippen molar-refractivity contribution in [1.82, 2.24) is 20.5 Å². The fourth-order valence-corrected chi connectivity index (χ4v) is 4.31. The summed E-state index contributed by atoms with van der Waals surface area (Å²) in [4.78, 5) is 12.5. The molecule has 0 bridgehead atoms. The topological polar surface area (TPSA) is 55.8 Å². The van der Waals surface area contributed by atoms with Crippen molar-refractivity contribution in [3.63, 3.8) is 0 Å². The first-order chi connectivity index (χ1) is 14.3. The Kier molecular flexibility index (Phi) is 7.68. The summed E-state index contributed by atoms with van der Waals surface area (Å²) in [6, 6.07) is 1.06. The molecule has 1 atom stereocenters. The molecular weight excluding hydrogens is 417 g/mol. The Morgan fingerprint density at radius 3 is 2.63 bits per heavy atom. The summed E-state index contributed by atoms with van der Waals surface area (Å²) in [7, 11) is 3.91. The molecule has 2 aliphatic heterocycles. The van der Waals surface area contributed by atoms with Crippen LogP contribution in [-0.2, 0) is 6.18 Å². The molecule has 168 valence electrons. The molecule has 0 spiro atoms. The molecule has 2 saturated heterocycles. The number of pyridine rings is 1. The van der Waals surface area contributed by atoms with Gasteiger partial charge in [0.2, 0.25) is 0 Å². The van der Waals surface area contributed by atoms with Gasteiger partial charge in [0.05, 0.1) is 10.6 Å². The maximum absolute atomic E-state index is 12.8. The highest BCUT2D eigenvalue weighted by molar-refractivity contribution is 6.33. The van der Waals surface area contributed by atoms with E-state index in [0.717, 1.165) is 56.6 Å². The van der Waals surface area contributed by atoms with Gasteiger partial charge in [-0.25, -0.2) is 4.98 Å². The molecule has 10 heteroatoms. The molecule has 0 radical (unpaired) electrons. The Morgan fingerprint density at radius 2 is 2.00 bits per heavy atom. The van der Waals surface area contributed by atoms with E-state index < -0.39 is 11.7 Å². The number of nitrogens with zero attached hydrogens (tertiary/aromatic N) is 4. The van der Waals surface area contributed by atoms with E-state index in [1.165, 1.54) is 12.8 Å². The minimum atomic E-state index is -4.45. The predicted octanol–water partition coefficient (Wildman–Crippen LogP) is 3.23. The van der Waals surface area contributed by atoms with Crippen molar-refractivity contribution in [2.24, 2.45) is 10.9 Å². The molecule has 0 saturated carbocycles. The second-order valence-electron chi connectivity index (χ2n) is 8.14. The van der Waals surface area contributed by atoms with Crippen LogP contribution < -0.4 is 15.5 Å². The molecular formula is C20H30ClF3N6. The van der Waals surface area contributed by atoms with E-state index in [2.05, 4.69) is 32.6 Å². The molecule has 6 nitrogen and oxygen atoms in total. The number of hydrogen-bond donors (Lipinski definition) is 2. The minimum absolute atomic E-state index is 0.0195. The summed E-state index contributed by atoms with van der Waals surface area (Å²) in [6.07, 6.45) is 0.817. The largest absolute Gasteiger partial charge is 0.417 e. The molecule has 0 aliphatic carbocycles. The Balaban J connectivity index is 1.46. The van der Waals surface area contributed by atoms with Crippen molar-refractivity contribution in [2.75, 3.05) is 51.7 Å². The Morgan fingerprint density at radius 1 is 1.27 bits per heavy atom. The zero-order valence-corrected chi connectivity index (χ0v) is 18.2. The quantitative estimate of drug-likeness (QED) is 0.537. The summed E-state index contributed by atoms with van der Waals surface area (Å²) in [5.41, 5.74) is -0.834. The van der Waals surface area contributed by atoms with Crippen molar-refractivity contribution in [2.45, 2.75) is 37.9 Å². The lowest BCUT2D eigenvalue weighted by Gasteiger charge is -2.29. The normalized spacial score (nSPS) is 21.9. The SMILES string of the molecule is CN=C(NCCC1CCN(C)CC1)NC1CCN(c2ncc(C(F)(F)F)cc2Cl)C1. The molecule has 0 aromatic carbocycles. The lowest BCUT2D eigenvalue weighted by Crippen LogP contribution is -2.45. The van der Waals surface area contributed by atoms with E-state index in [1.807, 2.05) is 4.90 Å². The average Bonchev–Trinajstić information content (AvgIpc) is 3.16. The Hall–Kier alpha value is -1.74. The van der Waals surface area contributed by atoms with Crippen LogP contribution in [0.25, 0.3) is 0 Å². The van der Waals surface area contributed by atoms with Gasteiger partial charge in [-0.2, -0.15) is 13.2 Å². The fraction of sp³-hybridized carbons (Fsp3) is 0.700. The van der Waals surface area contributed by atoms with Crippen LogP contribution in [0.3, 0.4) is 0 Å². The third kappa shape index (κ3) is 6.14. The molecule has 3 rings (SSSR count).